The quantitative estimate of drug-likeness (QED) is 0.734. The van der Waals surface area contributed by atoms with E-state index in [1.54, 1.807) is 48.5 Å². The van der Waals surface area contributed by atoms with Crippen molar-refractivity contribution in [2.45, 2.75) is 12.3 Å². The van der Waals surface area contributed by atoms with Crippen LogP contribution in [-0.4, -0.2) is 16.2 Å². The highest BCUT2D eigenvalue weighted by Crippen LogP contribution is 2.26. The molecule has 4 heteroatoms. The summed E-state index contributed by atoms with van der Waals surface area (Å²) in [6, 6.07) is 13.5. The summed E-state index contributed by atoms with van der Waals surface area (Å²) < 4.78 is 0. The molecule has 0 heterocycles. The van der Waals surface area contributed by atoms with Gasteiger partial charge in [-0.3, -0.25) is 4.79 Å². The molecule has 0 aliphatic rings. The maximum Gasteiger partial charge on any atom is 0.311 e. The molecule has 0 amide bonds. The minimum atomic E-state index is -0.923. The molecule has 0 saturated carbocycles. The summed E-state index contributed by atoms with van der Waals surface area (Å²) in [5.74, 6) is -1.51. The zero-order chi connectivity index (χ0) is 13.8. The lowest BCUT2D eigenvalue weighted by atomic mass is 9.91. The van der Waals surface area contributed by atoms with Crippen LogP contribution < -0.4 is 5.73 Å². The number of hydrogen-bond acceptors (Lipinski definition) is 3. The third-order valence-electron chi connectivity index (χ3n) is 3.05. The van der Waals surface area contributed by atoms with Gasteiger partial charge in [0.2, 0.25) is 0 Å². The highest BCUT2D eigenvalue weighted by molar-refractivity contribution is 5.77. The van der Waals surface area contributed by atoms with Crippen molar-refractivity contribution in [1.82, 2.24) is 0 Å². The number of rotatable bonds is 4. The van der Waals surface area contributed by atoms with E-state index in [1.165, 1.54) is 0 Å². The molecule has 19 heavy (non-hydrogen) atoms. The molecule has 0 aromatic heterocycles. The van der Waals surface area contributed by atoms with Crippen LogP contribution in [-0.2, 0) is 11.2 Å². The number of nitrogens with two attached hydrogens (primary N) is 1. The number of phenols is 1. The predicted octanol–water partition coefficient (Wildman–Crippen LogP) is 2.39. The van der Waals surface area contributed by atoms with Crippen LogP contribution in [0.2, 0.25) is 0 Å². The zero-order valence-electron chi connectivity index (χ0n) is 10.3. The molecule has 0 aliphatic heterocycles. The Morgan fingerprint density at radius 2 is 1.74 bits per heavy atom. The van der Waals surface area contributed by atoms with Gasteiger partial charge in [-0.15, -0.1) is 0 Å². The van der Waals surface area contributed by atoms with Crippen molar-refractivity contribution in [3.8, 4) is 5.75 Å². The molecule has 0 spiro atoms. The van der Waals surface area contributed by atoms with E-state index >= 15 is 0 Å². The molecule has 2 aromatic carbocycles. The lowest BCUT2D eigenvalue weighted by molar-refractivity contribution is -0.138. The van der Waals surface area contributed by atoms with Gasteiger partial charge >= 0.3 is 5.97 Å². The minimum absolute atomic E-state index is 0.115. The van der Waals surface area contributed by atoms with Crippen molar-refractivity contribution in [2.75, 3.05) is 5.73 Å². The van der Waals surface area contributed by atoms with Gasteiger partial charge in [0, 0.05) is 5.69 Å². The van der Waals surface area contributed by atoms with Crippen LogP contribution >= 0.6 is 0 Å². The molecule has 0 radical (unpaired) electrons. The molecule has 4 N–H and O–H groups in total. The third-order valence-corrected chi connectivity index (χ3v) is 3.05. The van der Waals surface area contributed by atoms with E-state index in [9.17, 15) is 15.0 Å². The second-order valence-electron chi connectivity index (χ2n) is 4.39. The SMILES string of the molecule is Nc1ccc(C(Cc2ccccc2O)C(=O)O)cc1. The molecular weight excluding hydrogens is 242 g/mol. The second kappa shape index (κ2) is 5.44. The first-order valence-electron chi connectivity index (χ1n) is 5.93. The Morgan fingerprint density at radius 3 is 2.32 bits per heavy atom. The molecule has 1 atom stereocenters. The minimum Gasteiger partial charge on any atom is -0.508 e. The normalized spacial score (nSPS) is 12.0. The highest BCUT2D eigenvalue weighted by Gasteiger charge is 2.21. The summed E-state index contributed by atoms with van der Waals surface area (Å²) in [4.78, 5) is 11.4. The number of para-hydroxylation sites is 1. The maximum atomic E-state index is 11.4. The van der Waals surface area contributed by atoms with Gasteiger partial charge in [0.1, 0.15) is 5.75 Å². The fraction of sp³-hybridized carbons (Fsp3) is 0.133. The van der Waals surface area contributed by atoms with E-state index in [4.69, 9.17) is 5.73 Å². The molecule has 2 aromatic rings. The number of phenolic OH excluding ortho intramolecular Hbond substituents is 1. The van der Waals surface area contributed by atoms with Crippen LogP contribution in [0.4, 0.5) is 5.69 Å². The molecular formula is C15H15NO3. The number of carboxylic acid groups (broad SMARTS) is 1. The monoisotopic (exact) mass is 257 g/mol. The van der Waals surface area contributed by atoms with Gasteiger partial charge in [0.15, 0.2) is 0 Å². The average Bonchev–Trinajstić information content (AvgIpc) is 2.39. The zero-order valence-corrected chi connectivity index (χ0v) is 10.3. The van der Waals surface area contributed by atoms with Crippen LogP contribution in [0.1, 0.15) is 17.0 Å². The van der Waals surface area contributed by atoms with Gasteiger partial charge in [-0.1, -0.05) is 30.3 Å². The Morgan fingerprint density at radius 1 is 1.11 bits per heavy atom. The number of benzene rings is 2. The molecule has 1 unspecified atom stereocenters. The number of carbonyl (C=O) groups is 1. The van der Waals surface area contributed by atoms with Crippen LogP contribution in [0.25, 0.3) is 0 Å². The lowest BCUT2D eigenvalue weighted by Gasteiger charge is -2.14. The van der Waals surface area contributed by atoms with E-state index < -0.39 is 11.9 Å². The van der Waals surface area contributed by atoms with E-state index in [2.05, 4.69) is 0 Å². The van der Waals surface area contributed by atoms with E-state index in [0.29, 0.717) is 16.8 Å². The van der Waals surface area contributed by atoms with Gasteiger partial charge in [0.25, 0.3) is 0 Å². The summed E-state index contributed by atoms with van der Waals surface area (Å²) in [7, 11) is 0. The Hall–Kier alpha value is -2.49. The summed E-state index contributed by atoms with van der Waals surface area (Å²) in [5, 5.41) is 19.1. The number of nitrogen functional groups attached to an aromatic ring is 1. The van der Waals surface area contributed by atoms with Crippen LogP contribution in [0.15, 0.2) is 48.5 Å². The number of anilines is 1. The van der Waals surface area contributed by atoms with Gasteiger partial charge < -0.3 is 15.9 Å². The van der Waals surface area contributed by atoms with Gasteiger partial charge in [-0.2, -0.15) is 0 Å². The third kappa shape index (κ3) is 3.04. The first kappa shape index (κ1) is 13.0. The molecule has 2 rings (SSSR count). The second-order valence-corrected chi connectivity index (χ2v) is 4.39. The maximum absolute atomic E-state index is 11.4. The van der Waals surface area contributed by atoms with Crippen molar-refractivity contribution in [3.05, 3.63) is 59.7 Å². The Labute approximate surface area is 111 Å². The molecule has 98 valence electrons. The Bertz CT molecular complexity index is 578. The molecule has 0 fully saturated rings. The molecule has 0 aliphatic carbocycles. The fourth-order valence-electron chi connectivity index (χ4n) is 1.98. The van der Waals surface area contributed by atoms with E-state index in [1.807, 2.05) is 0 Å². The van der Waals surface area contributed by atoms with E-state index in [-0.39, 0.29) is 12.2 Å². The van der Waals surface area contributed by atoms with Gasteiger partial charge in [-0.05, 0) is 35.7 Å². The first-order valence-corrected chi connectivity index (χ1v) is 5.93. The van der Waals surface area contributed by atoms with Crippen molar-refractivity contribution in [2.24, 2.45) is 0 Å². The largest absolute Gasteiger partial charge is 0.508 e. The number of aromatic hydroxyl groups is 1. The first-order chi connectivity index (χ1) is 9.08. The average molecular weight is 257 g/mol. The van der Waals surface area contributed by atoms with Crippen molar-refractivity contribution in [3.63, 3.8) is 0 Å². The predicted molar refractivity (Wildman–Crippen MR) is 73.0 cm³/mol. The Kier molecular flexibility index (Phi) is 3.71. The lowest BCUT2D eigenvalue weighted by Crippen LogP contribution is -2.14. The number of hydrogen-bond donors (Lipinski definition) is 3. The number of carboxylic acids is 1. The van der Waals surface area contributed by atoms with Crippen LogP contribution in [0.3, 0.4) is 0 Å². The topological polar surface area (TPSA) is 83.5 Å². The van der Waals surface area contributed by atoms with Crippen molar-refractivity contribution in [1.29, 1.82) is 0 Å². The van der Waals surface area contributed by atoms with Crippen molar-refractivity contribution < 1.29 is 15.0 Å². The summed E-state index contributed by atoms with van der Waals surface area (Å²) >= 11 is 0. The van der Waals surface area contributed by atoms with Crippen molar-refractivity contribution >= 4 is 11.7 Å². The van der Waals surface area contributed by atoms with Crippen LogP contribution in [0.5, 0.6) is 5.75 Å². The molecule has 0 saturated heterocycles. The standard InChI is InChI=1S/C15H15NO3/c16-12-7-5-10(6-8-12)13(15(18)19)9-11-3-1-2-4-14(11)17/h1-8,13,17H,9,16H2,(H,18,19). The Balaban J connectivity index is 2.29. The van der Waals surface area contributed by atoms with Gasteiger partial charge in [-0.25, -0.2) is 0 Å². The van der Waals surface area contributed by atoms with Crippen LogP contribution in [0, 0.1) is 0 Å². The summed E-state index contributed by atoms with van der Waals surface area (Å²) in [5.41, 5.74) is 7.47. The summed E-state index contributed by atoms with van der Waals surface area (Å²) in [6.07, 6.45) is 0.242. The number of aliphatic carboxylic acids is 1. The fourth-order valence-corrected chi connectivity index (χ4v) is 1.98. The highest BCUT2D eigenvalue weighted by atomic mass is 16.4. The molecule has 0 bridgehead atoms. The summed E-state index contributed by atoms with van der Waals surface area (Å²) in [6.45, 7) is 0. The molecule has 4 nitrogen and oxygen atoms in total. The van der Waals surface area contributed by atoms with E-state index in [0.717, 1.165) is 0 Å². The smallest absolute Gasteiger partial charge is 0.311 e. The van der Waals surface area contributed by atoms with Gasteiger partial charge in [0.05, 0.1) is 5.92 Å².